The van der Waals surface area contributed by atoms with Gasteiger partial charge in [-0.3, -0.25) is 0 Å². The zero-order valence-corrected chi connectivity index (χ0v) is 14.5. The highest BCUT2D eigenvalue weighted by molar-refractivity contribution is 9.10. The topological polar surface area (TPSA) is 60.4 Å². The van der Waals surface area contributed by atoms with Gasteiger partial charge in [0.2, 0.25) is 0 Å². The summed E-state index contributed by atoms with van der Waals surface area (Å²) in [7, 11) is 1.13. The van der Waals surface area contributed by atoms with E-state index in [9.17, 15) is 17.6 Å². The lowest BCUT2D eigenvalue weighted by Gasteiger charge is -2.08. The minimum absolute atomic E-state index is 0.0468. The minimum Gasteiger partial charge on any atom is -0.462 e. The normalized spacial score (nSPS) is 11.4. The first-order valence-electron chi connectivity index (χ1n) is 6.38. The van der Waals surface area contributed by atoms with Crippen molar-refractivity contribution in [3.63, 3.8) is 0 Å². The number of unbranched alkanes of at least 4 members (excludes halogenated alkanes) is 3. The van der Waals surface area contributed by atoms with Gasteiger partial charge in [-0.05, 0) is 34.5 Å². The lowest BCUT2D eigenvalue weighted by atomic mass is 10.2. The van der Waals surface area contributed by atoms with Gasteiger partial charge < -0.3 is 4.74 Å². The first-order chi connectivity index (χ1) is 9.77. The summed E-state index contributed by atoms with van der Waals surface area (Å²) in [6.07, 6.45) is 3.66. The molecule has 0 amide bonds. The molecule has 21 heavy (non-hydrogen) atoms. The third-order valence-electron chi connectivity index (χ3n) is 2.74. The lowest BCUT2D eigenvalue weighted by Crippen LogP contribution is -2.10. The number of carbonyl (C=O) groups excluding carboxylic acids is 1. The van der Waals surface area contributed by atoms with E-state index in [1.54, 1.807) is 0 Å². The number of esters is 1. The first-order valence-corrected chi connectivity index (χ1v) is 9.48. The number of halogens is 3. The van der Waals surface area contributed by atoms with E-state index >= 15 is 0 Å². The molecule has 4 nitrogen and oxygen atoms in total. The number of benzene rings is 1. The summed E-state index contributed by atoms with van der Waals surface area (Å²) in [5.41, 5.74) is -0.451. The van der Waals surface area contributed by atoms with Gasteiger partial charge in [0, 0.05) is 15.2 Å². The Morgan fingerprint density at radius 3 is 2.57 bits per heavy atom. The van der Waals surface area contributed by atoms with E-state index in [0.717, 1.165) is 31.4 Å². The van der Waals surface area contributed by atoms with Crippen LogP contribution in [-0.4, -0.2) is 21.0 Å². The number of ether oxygens (including phenoxy) is 1. The fourth-order valence-electron chi connectivity index (χ4n) is 1.64. The SMILES string of the molecule is CCCCCCOC(=O)c1cc(S(=O)(=O)Cl)c(Br)cc1F. The zero-order valence-electron chi connectivity index (χ0n) is 11.4. The first kappa shape index (κ1) is 18.4. The van der Waals surface area contributed by atoms with E-state index in [2.05, 4.69) is 22.9 Å². The highest BCUT2D eigenvalue weighted by Crippen LogP contribution is 2.28. The Bertz CT molecular complexity index is 619. The third-order valence-corrected chi connectivity index (χ3v) is 5.02. The average molecular weight is 402 g/mol. The molecule has 1 rings (SSSR count). The predicted molar refractivity (Wildman–Crippen MR) is 81.6 cm³/mol. The minimum atomic E-state index is -4.09. The number of carbonyl (C=O) groups is 1. The Kier molecular flexibility index (Phi) is 7.09. The molecule has 0 aromatic heterocycles. The van der Waals surface area contributed by atoms with Crippen LogP contribution in [0.25, 0.3) is 0 Å². The van der Waals surface area contributed by atoms with Crippen LogP contribution in [0.4, 0.5) is 4.39 Å². The number of hydrogen-bond donors (Lipinski definition) is 0. The van der Waals surface area contributed by atoms with Gasteiger partial charge >= 0.3 is 5.97 Å². The van der Waals surface area contributed by atoms with Crippen molar-refractivity contribution in [2.75, 3.05) is 6.61 Å². The highest BCUT2D eigenvalue weighted by atomic mass is 79.9. The number of rotatable bonds is 7. The van der Waals surface area contributed by atoms with Gasteiger partial charge in [0.15, 0.2) is 0 Å². The zero-order chi connectivity index (χ0) is 16.0. The maximum Gasteiger partial charge on any atom is 0.341 e. The molecule has 118 valence electrons. The fraction of sp³-hybridized carbons (Fsp3) is 0.462. The van der Waals surface area contributed by atoms with Gasteiger partial charge in [0.05, 0.1) is 17.1 Å². The summed E-state index contributed by atoms with van der Waals surface area (Å²) < 4.78 is 41.3. The Morgan fingerprint density at radius 1 is 1.33 bits per heavy atom. The van der Waals surface area contributed by atoms with Crippen LogP contribution in [0.2, 0.25) is 0 Å². The molecule has 0 N–H and O–H groups in total. The Labute approximate surface area is 136 Å². The second-order valence-corrected chi connectivity index (χ2v) is 7.79. The van der Waals surface area contributed by atoms with Gasteiger partial charge in [-0.15, -0.1) is 0 Å². The maximum absolute atomic E-state index is 13.7. The second-order valence-electron chi connectivity index (χ2n) is 4.40. The predicted octanol–water partition coefficient (Wildman–Crippen LogP) is 4.25. The molecule has 0 saturated carbocycles. The summed E-state index contributed by atoms with van der Waals surface area (Å²) >= 11 is 2.89. The molecule has 0 saturated heterocycles. The van der Waals surface area contributed by atoms with E-state index < -0.39 is 26.4 Å². The molecule has 0 unspecified atom stereocenters. The molecule has 0 spiro atoms. The van der Waals surface area contributed by atoms with Gasteiger partial charge in [0.25, 0.3) is 9.05 Å². The average Bonchev–Trinajstić information content (AvgIpc) is 2.36. The van der Waals surface area contributed by atoms with Crippen molar-refractivity contribution in [2.24, 2.45) is 0 Å². The van der Waals surface area contributed by atoms with E-state index in [-0.39, 0.29) is 16.0 Å². The molecule has 0 aliphatic rings. The van der Waals surface area contributed by atoms with Gasteiger partial charge in [0.1, 0.15) is 5.82 Å². The molecule has 0 atom stereocenters. The quantitative estimate of drug-likeness (QED) is 0.389. The molecule has 8 heteroatoms. The largest absolute Gasteiger partial charge is 0.462 e. The Hall–Kier alpha value is -0.660. The molecule has 0 aliphatic carbocycles. The highest BCUT2D eigenvalue weighted by Gasteiger charge is 2.22. The Morgan fingerprint density at radius 2 is 2.00 bits per heavy atom. The van der Waals surface area contributed by atoms with E-state index in [1.165, 1.54) is 0 Å². The third kappa shape index (κ3) is 5.56. The summed E-state index contributed by atoms with van der Waals surface area (Å²) in [4.78, 5) is 11.4. The molecule has 0 bridgehead atoms. The van der Waals surface area contributed by atoms with Crippen molar-refractivity contribution in [1.29, 1.82) is 0 Å². The van der Waals surface area contributed by atoms with Crippen molar-refractivity contribution >= 4 is 41.6 Å². The van der Waals surface area contributed by atoms with Crippen molar-refractivity contribution < 1.29 is 22.3 Å². The van der Waals surface area contributed by atoms with Gasteiger partial charge in [-0.25, -0.2) is 17.6 Å². The summed E-state index contributed by atoms with van der Waals surface area (Å²) in [6, 6.07) is 1.75. The smallest absolute Gasteiger partial charge is 0.341 e. The van der Waals surface area contributed by atoms with Crippen LogP contribution in [0.15, 0.2) is 21.5 Å². The van der Waals surface area contributed by atoms with Crippen molar-refractivity contribution in [2.45, 2.75) is 37.5 Å². The summed E-state index contributed by atoms with van der Waals surface area (Å²) in [6.45, 7) is 2.22. The standard InChI is InChI=1S/C13H15BrClFO4S/c1-2-3-4-5-6-20-13(17)9-7-12(21(15,18)19)10(14)8-11(9)16/h7-8H,2-6H2,1H3. The van der Waals surface area contributed by atoms with Crippen LogP contribution in [0.5, 0.6) is 0 Å². The van der Waals surface area contributed by atoms with Gasteiger partial charge in [-0.2, -0.15) is 0 Å². The maximum atomic E-state index is 13.7. The molecular formula is C13H15BrClFO4S. The molecule has 0 radical (unpaired) electrons. The van der Waals surface area contributed by atoms with Crippen LogP contribution < -0.4 is 0 Å². The summed E-state index contributed by atoms with van der Waals surface area (Å²) in [5, 5.41) is 0. The van der Waals surface area contributed by atoms with Crippen LogP contribution in [0.1, 0.15) is 43.0 Å². The van der Waals surface area contributed by atoms with Crippen LogP contribution >= 0.6 is 26.6 Å². The molecule has 1 aromatic rings. The van der Waals surface area contributed by atoms with Crippen LogP contribution in [0.3, 0.4) is 0 Å². The second kappa shape index (κ2) is 8.10. The van der Waals surface area contributed by atoms with E-state index in [4.69, 9.17) is 15.4 Å². The van der Waals surface area contributed by atoms with Crippen molar-refractivity contribution in [3.8, 4) is 0 Å². The monoisotopic (exact) mass is 400 g/mol. The van der Waals surface area contributed by atoms with Gasteiger partial charge in [-0.1, -0.05) is 26.2 Å². The van der Waals surface area contributed by atoms with Crippen molar-refractivity contribution in [1.82, 2.24) is 0 Å². The molecule has 0 heterocycles. The van der Waals surface area contributed by atoms with Crippen LogP contribution in [0, 0.1) is 5.82 Å². The molecule has 0 aliphatic heterocycles. The van der Waals surface area contributed by atoms with Crippen LogP contribution in [-0.2, 0) is 13.8 Å². The van der Waals surface area contributed by atoms with E-state index in [1.807, 2.05) is 0 Å². The molecule has 0 fully saturated rings. The lowest BCUT2D eigenvalue weighted by molar-refractivity contribution is 0.0492. The number of hydrogen-bond acceptors (Lipinski definition) is 4. The molecule has 1 aromatic carbocycles. The Balaban J connectivity index is 2.85. The molecular weight excluding hydrogens is 387 g/mol. The summed E-state index contributed by atoms with van der Waals surface area (Å²) in [5.74, 6) is -1.78. The fourth-order valence-corrected chi connectivity index (χ4v) is 3.81. The van der Waals surface area contributed by atoms with Crippen molar-refractivity contribution in [3.05, 3.63) is 28.0 Å². The van der Waals surface area contributed by atoms with E-state index in [0.29, 0.717) is 6.42 Å².